The summed E-state index contributed by atoms with van der Waals surface area (Å²) in [4.78, 5) is 0. The van der Waals surface area contributed by atoms with Gasteiger partial charge in [-0.25, -0.2) is 0 Å². The Labute approximate surface area is 91.6 Å². The van der Waals surface area contributed by atoms with Crippen molar-refractivity contribution in [3.8, 4) is 5.75 Å². The highest BCUT2D eigenvalue weighted by Gasteiger charge is 2.43. The Kier molecular flexibility index (Phi) is 2.70. The molecule has 0 radical (unpaired) electrons. The number of likely N-dealkylation sites (N-methyl/N-ethyl adjacent to an activating group) is 1. The largest absolute Gasteiger partial charge is 0.496 e. The molecule has 82 valence electrons. The normalized spacial score (nSPS) is 17.5. The highest BCUT2D eigenvalue weighted by molar-refractivity contribution is 5.42. The van der Waals surface area contributed by atoms with E-state index in [1.165, 1.54) is 24.0 Å². The Morgan fingerprint density at radius 1 is 1.40 bits per heavy atom. The Balaban J connectivity index is 2.29. The topological polar surface area (TPSA) is 21.3 Å². The van der Waals surface area contributed by atoms with Crippen LogP contribution in [-0.4, -0.2) is 20.7 Å². The molecule has 0 spiro atoms. The molecule has 1 N–H and O–H groups in total. The number of hydrogen-bond acceptors (Lipinski definition) is 2. The summed E-state index contributed by atoms with van der Waals surface area (Å²) in [6.45, 7) is 3.15. The molecule has 0 aromatic heterocycles. The van der Waals surface area contributed by atoms with E-state index < -0.39 is 0 Å². The molecule has 0 unspecified atom stereocenters. The van der Waals surface area contributed by atoms with Crippen molar-refractivity contribution in [2.75, 3.05) is 20.7 Å². The molecule has 2 nitrogen and oxygen atoms in total. The summed E-state index contributed by atoms with van der Waals surface area (Å²) in [7, 11) is 3.76. The maximum atomic E-state index is 5.37. The Morgan fingerprint density at radius 3 is 2.67 bits per heavy atom. The van der Waals surface area contributed by atoms with Crippen molar-refractivity contribution in [2.45, 2.75) is 25.2 Å². The lowest BCUT2D eigenvalue weighted by atomic mass is 9.94. The number of methoxy groups -OCH3 is 1. The minimum absolute atomic E-state index is 0.385. The first-order valence-corrected chi connectivity index (χ1v) is 5.51. The summed E-state index contributed by atoms with van der Waals surface area (Å²) in [5, 5.41) is 3.28. The summed E-state index contributed by atoms with van der Waals surface area (Å²) < 4.78 is 5.37. The maximum absolute atomic E-state index is 5.37. The van der Waals surface area contributed by atoms with Crippen molar-refractivity contribution in [2.24, 2.45) is 0 Å². The van der Waals surface area contributed by atoms with Crippen molar-refractivity contribution in [1.29, 1.82) is 0 Å². The highest BCUT2D eigenvalue weighted by atomic mass is 16.5. The molecule has 0 amide bonds. The van der Waals surface area contributed by atoms with Crippen LogP contribution in [0.3, 0.4) is 0 Å². The van der Waals surface area contributed by atoms with Crippen LogP contribution in [-0.2, 0) is 5.41 Å². The maximum Gasteiger partial charge on any atom is 0.122 e. The first-order valence-electron chi connectivity index (χ1n) is 5.51. The van der Waals surface area contributed by atoms with Gasteiger partial charge in [0.1, 0.15) is 5.75 Å². The fourth-order valence-corrected chi connectivity index (χ4v) is 2.21. The third-order valence-electron chi connectivity index (χ3n) is 3.39. The SMILES string of the molecule is CNCC1(c2ccc(C)c(OC)c2)CC1. The van der Waals surface area contributed by atoms with E-state index >= 15 is 0 Å². The lowest BCUT2D eigenvalue weighted by molar-refractivity contribution is 0.410. The Hall–Kier alpha value is -1.02. The molecule has 1 aliphatic carbocycles. The zero-order valence-corrected chi connectivity index (χ0v) is 9.76. The van der Waals surface area contributed by atoms with Gasteiger partial charge in [0.25, 0.3) is 0 Å². The number of aryl methyl sites for hydroxylation is 1. The van der Waals surface area contributed by atoms with Gasteiger partial charge in [-0.3, -0.25) is 0 Å². The van der Waals surface area contributed by atoms with Gasteiger partial charge in [-0.2, -0.15) is 0 Å². The number of ether oxygens (including phenoxy) is 1. The van der Waals surface area contributed by atoms with Crippen LogP contribution < -0.4 is 10.1 Å². The van der Waals surface area contributed by atoms with Crippen molar-refractivity contribution in [3.05, 3.63) is 29.3 Å². The summed E-state index contributed by atoms with van der Waals surface area (Å²) in [5.41, 5.74) is 3.01. The van der Waals surface area contributed by atoms with Crippen molar-refractivity contribution in [1.82, 2.24) is 5.32 Å². The average Bonchev–Trinajstić information content (AvgIpc) is 3.00. The second-order valence-electron chi connectivity index (χ2n) is 4.50. The molecule has 1 aliphatic rings. The minimum atomic E-state index is 0.385. The van der Waals surface area contributed by atoms with Gasteiger partial charge >= 0.3 is 0 Å². The Morgan fingerprint density at radius 2 is 2.13 bits per heavy atom. The van der Waals surface area contributed by atoms with Gasteiger partial charge in [-0.1, -0.05) is 12.1 Å². The van der Waals surface area contributed by atoms with Gasteiger partial charge in [0.05, 0.1) is 7.11 Å². The zero-order valence-electron chi connectivity index (χ0n) is 9.76. The fourth-order valence-electron chi connectivity index (χ4n) is 2.21. The van der Waals surface area contributed by atoms with Gasteiger partial charge in [0, 0.05) is 12.0 Å². The standard InChI is InChI=1S/C13H19NO/c1-10-4-5-11(8-12(10)15-3)13(6-7-13)9-14-2/h4-5,8,14H,6-7,9H2,1-3H3. The smallest absolute Gasteiger partial charge is 0.122 e. The van der Waals surface area contributed by atoms with Crippen molar-refractivity contribution in [3.63, 3.8) is 0 Å². The highest BCUT2D eigenvalue weighted by Crippen LogP contribution is 2.48. The zero-order chi connectivity index (χ0) is 10.9. The average molecular weight is 205 g/mol. The van der Waals surface area contributed by atoms with Crippen molar-refractivity contribution >= 4 is 0 Å². The van der Waals surface area contributed by atoms with Crippen LogP contribution in [0, 0.1) is 6.92 Å². The van der Waals surface area contributed by atoms with E-state index in [4.69, 9.17) is 4.74 Å². The molecule has 0 saturated heterocycles. The molecule has 1 saturated carbocycles. The molecule has 1 fully saturated rings. The molecule has 0 heterocycles. The second kappa shape index (κ2) is 3.86. The number of nitrogens with one attached hydrogen (secondary N) is 1. The predicted molar refractivity (Wildman–Crippen MR) is 62.6 cm³/mol. The van der Waals surface area contributed by atoms with E-state index in [0.717, 1.165) is 12.3 Å². The van der Waals surface area contributed by atoms with Gasteiger partial charge in [0.2, 0.25) is 0 Å². The van der Waals surface area contributed by atoms with Gasteiger partial charge < -0.3 is 10.1 Å². The van der Waals surface area contributed by atoms with Crippen LogP contribution in [0.4, 0.5) is 0 Å². The lowest BCUT2D eigenvalue weighted by Crippen LogP contribution is -2.23. The first-order chi connectivity index (χ1) is 7.22. The van der Waals surface area contributed by atoms with Gasteiger partial charge in [0.15, 0.2) is 0 Å². The van der Waals surface area contributed by atoms with E-state index in [-0.39, 0.29) is 0 Å². The molecule has 1 aromatic carbocycles. The van der Waals surface area contributed by atoms with Crippen LogP contribution in [0.2, 0.25) is 0 Å². The molecular weight excluding hydrogens is 186 g/mol. The van der Waals surface area contributed by atoms with Crippen LogP contribution in [0.15, 0.2) is 18.2 Å². The van der Waals surface area contributed by atoms with Gasteiger partial charge in [-0.15, -0.1) is 0 Å². The molecule has 0 aliphatic heterocycles. The number of hydrogen-bond donors (Lipinski definition) is 1. The minimum Gasteiger partial charge on any atom is -0.496 e. The summed E-state index contributed by atoms with van der Waals surface area (Å²) in [6.07, 6.45) is 2.58. The summed E-state index contributed by atoms with van der Waals surface area (Å²) >= 11 is 0. The van der Waals surface area contributed by atoms with Crippen LogP contribution in [0.25, 0.3) is 0 Å². The summed E-state index contributed by atoms with van der Waals surface area (Å²) in [6, 6.07) is 6.59. The third-order valence-corrected chi connectivity index (χ3v) is 3.39. The van der Waals surface area contributed by atoms with Crippen molar-refractivity contribution < 1.29 is 4.74 Å². The quantitative estimate of drug-likeness (QED) is 0.814. The van der Waals surface area contributed by atoms with E-state index in [1.54, 1.807) is 7.11 Å². The molecular formula is C13H19NO. The van der Waals surface area contributed by atoms with E-state index in [9.17, 15) is 0 Å². The number of benzene rings is 1. The third kappa shape index (κ3) is 1.86. The van der Waals surface area contributed by atoms with Crippen LogP contribution in [0.5, 0.6) is 5.75 Å². The molecule has 1 aromatic rings. The Bertz CT molecular complexity index is 356. The molecule has 0 bridgehead atoms. The van der Waals surface area contributed by atoms with Crippen LogP contribution in [0.1, 0.15) is 24.0 Å². The first kappa shape index (κ1) is 10.5. The van der Waals surface area contributed by atoms with Crippen LogP contribution >= 0.6 is 0 Å². The fraction of sp³-hybridized carbons (Fsp3) is 0.538. The van der Waals surface area contributed by atoms with E-state index in [0.29, 0.717) is 5.41 Å². The second-order valence-corrected chi connectivity index (χ2v) is 4.50. The predicted octanol–water partition coefficient (Wildman–Crippen LogP) is 2.25. The molecule has 15 heavy (non-hydrogen) atoms. The molecule has 2 heteroatoms. The van der Waals surface area contributed by atoms with E-state index in [2.05, 4.69) is 30.4 Å². The lowest BCUT2D eigenvalue weighted by Gasteiger charge is -2.16. The monoisotopic (exact) mass is 205 g/mol. The number of rotatable bonds is 4. The molecule has 0 atom stereocenters. The summed E-state index contributed by atoms with van der Waals surface area (Å²) in [5.74, 6) is 1.01. The molecule has 2 rings (SSSR count). The van der Waals surface area contributed by atoms with Gasteiger partial charge in [-0.05, 0) is 44.0 Å². The van der Waals surface area contributed by atoms with E-state index in [1.807, 2.05) is 7.05 Å².